The van der Waals surface area contributed by atoms with Crippen molar-refractivity contribution in [2.24, 2.45) is 5.73 Å². The minimum absolute atomic E-state index is 0.339. The fourth-order valence-corrected chi connectivity index (χ4v) is 1.66. The van der Waals surface area contributed by atoms with Crippen molar-refractivity contribution in [2.45, 2.75) is 13.0 Å². The monoisotopic (exact) mass is 231 g/mol. The molecule has 0 spiro atoms. The highest BCUT2D eigenvalue weighted by Gasteiger charge is 2.13. The van der Waals surface area contributed by atoms with Crippen LogP contribution in [0.4, 0.5) is 4.39 Å². The molecule has 3 heteroatoms. The molecule has 2 rings (SSSR count). The van der Waals surface area contributed by atoms with Crippen LogP contribution >= 0.6 is 0 Å². The predicted molar refractivity (Wildman–Crippen MR) is 65.5 cm³/mol. The first-order chi connectivity index (χ1) is 8.18. The van der Waals surface area contributed by atoms with E-state index in [1.54, 1.807) is 19.1 Å². The van der Waals surface area contributed by atoms with Crippen molar-refractivity contribution in [1.82, 2.24) is 0 Å². The van der Waals surface area contributed by atoms with Crippen LogP contribution in [-0.4, -0.2) is 0 Å². The number of hydrogen-bond donors (Lipinski definition) is 1. The van der Waals surface area contributed by atoms with Crippen LogP contribution in [0.2, 0.25) is 0 Å². The topological polar surface area (TPSA) is 35.2 Å². The molecule has 17 heavy (non-hydrogen) atoms. The van der Waals surface area contributed by atoms with Crippen LogP contribution in [0.5, 0.6) is 11.5 Å². The van der Waals surface area contributed by atoms with Gasteiger partial charge in [-0.05, 0) is 31.2 Å². The first kappa shape index (κ1) is 11.6. The number of para-hydroxylation sites is 1. The van der Waals surface area contributed by atoms with Gasteiger partial charge in [-0.3, -0.25) is 0 Å². The molecule has 2 aromatic carbocycles. The van der Waals surface area contributed by atoms with Gasteiger partial charge in [-0.2, -0.15) is 0 Å². The molecule has 0 saturated heterocycles. The Labute approximate surface area is 99.8 Å². The van der Waals surface area contributed by atoms with Gasteiger partial charge in [-0.15, -0.1) is 0 Å². The Bertz CT molecular complexity index is 497. The summed E-state index contributed by atoms with van der Waals surface area (Å²) in [6, 6.07) is 13.6. The van der Waals surface area contributed by atoms with Crippen LogP contribution in [0.15, 0.2) is 48.5 Å². The maximum atomic E-state index is 13.6. The first-order valence-electron chi connectivity index (χ1n) is 5.45. The van der Waals surface area contributed by atoms with Gasteiger partial charge in [0.05, 0.1) is 0 Å². The number of ether oxygens (including phenoxy) is 1. The molecular formula is C14H14FNO. The second kappa shape index (κ2) is 4.97. The van der Waals surface area contributed by atoms with Gasteiger partial charge in [0.2, 0.25) is 0 Å². The summed E-state index contributed by atoms with van der Waals surface area (Å²) in [4.78, 5) is 0. The lowest BCUT2D eigenvalue weighted by molar-refractivity contribution is 0.461. The van der Waals surface area contributed by atoms with Gasteiger partial charge in [0.1, 0.15) is 17.3 Å². The van der Waals surface area contributed by atoms with E-state index in [0.717, 1.165) is 0 Å². The van der Waals surface area contributed by atoms with Crippen molar-refractivity contribution in [2.75, 3.05) is 0 Å². The maximum Gasteiger partial charge on any atom is 0.135 e. The van der Waals surface area contributed by atoms with Crippen LogP contribution in [0.1, 0.15) is 18.5 Å². The summed E-state index contributed by atoms with van der Waals surface area (Å²) in [6.07, 6.45) is 0. The van der Waals surface area contributed by atoms with Crippen LogP contribution in [0.25, 0.3) is 0 Å². The van der Waals surface area contributed by atoms with Crippen LogP contribution in [-0.2, 0) is 0 Å². The van der Waals surface area contributed by atoms with Crippen molar-refractivity contribution in [3.8, 4) is 11.5 Å². The van der Waals surface area contributed by atoms with Gasteiger partial charge >= 0.3 is 0 Å². The molecule has 2 aromatic rings. The highest BCUT2D eigenvalue weighted by Crippen LogP contribution is 2.30. The largest absolute Gasteiger partial charge is 0.457 e. The number of benzene rings is 2. The first-order valence-corrected chi connectivity index (χ1v) is 5.45. The Hall–Kier alpha value is -1.87. The molecule has 0 radical (unpaired) electrons. The Morgan fingerprint density at radius 3 is 2.41 bits per heavy atom. The molecule has 0 aromatic heterocycles. The molecular weight excluding hydrogens is 217 g/mol. The minimum atomic E-state index is -0.407. The molecule has 0 aliphatic rings. The van der Waals surface area contributed by atoms with E-state index in [4.69, 9.17) is 10.5 Å². The minimum Gasteiger partial charge on any atom is -0.457 e. The molecule has 2 N–H and O–H groups in total. The highest BCUT2D eigenvalue weighted by molar-refractivity contribution is 5.40. The highest BCUT2D eigenvalue weighted by atomic mass is 19.1. The zero-order valence-corrected chi connectivity index (χ0v) is 9.56. The van der Waals surface area contributed by atoms with Crippen molar-refractivity contribution < 1.29 is 9.13 Å². The molecule has 88 valence electrons. The smallest absolute Gasteiger partial charge is 0.135 e. The second-order valence-electron chi connectivity index (χ2n) is 3.86. The van der Waals surface area contributed by atoms with E-state index in [9.17, 15) is 4.39 Å². The van der Waals surface area contributed by atoms with Crippen LogP contribution in [0.3, 0.4) is 0 Å². The average Bonchev–Trinajstić information content (AvgIpc) is 2.30. The molecule has 0 heterocycles. The van der Waals surface area contributed by atoms with E-state index in [0.29, 0.717) is 17.1 Å². The van der Waals surface area contributed by atoms with E-state index >= 15 is 0 Å². The lowest BCUT2D eigenvalue weighted by atomic mass is 10.1. The third-order valence-electron chi connectivity index (χ3n) is 2.44. The van der Waals surface area contributed by atoms with Gasteiger partial charge in [-0.1, -0.05) is 24.3 Å². The second-order valence-corrected chi connectivity index (χ2v) is 3.86. The lowest BCUT2D eigenvalue weighted by Gasteiger charge is -2.14. The zero-order chi connectivity index (χ0) is 12.3. The summed E-state index contributed by atoms with van der Waals surface area (Å²) in [5, 5.41) is 0. The molecule has 1 atom stereocenters. The zero-order valence-electron chi connectivity index (χ0n) is 9.56. The lowest BCUT2D eigenvalue weighted by Crippen LogP contribution is -2.09. The van der Waals surface area contributed by atoms with Gasteiger partial charge in [0.25, 0.3) is 0 Å². The summed E-state index contributed by atoms with van der Waals surface area (Å²) >= 11 is 0. The normalized spacial score (nSPS) is 12.2. The van der Waals surface area contributed by atoms with E-state index < -0.39 is 6.04 Å². The standard InChI is InChI=1S/C14H14FNO/c1-10(16)14-12(15)8-5-9-13(14)17-11-6-3-2-4-7-11/h2-10H,16H2,1H3. The van der Waals surface area contributed by atoms with Crippen LogP contribution in [0, 0.1) is 5.82 Å². The van der Waals surface area contributed by atoms with Crippen molar-refractivity contribution in [3.63, 3.8) is 0 Å². The maximum absolute atomic E-state index is 13.6. The molecule has 0 saturated carbocycles. The molecule has 0 fully saturated rings. The third kappa shape index (κ3) is 2.63. The average molecular weight is 231 g/mol. The molecule has 0 aliphatic carbocycles. The molecule has 0 aliphatic heterocycles. The van der Waals surface area contributed by atoms with E-state index in [1.807, 2.05) is 30.3 Å². The van der Waals surface area contributed by atoms with Crippen molar-refractivity contribution >= 4 is 0 Å². The summed E-state index contributed by atoms with van der Waals surface area (Å²) in [6.45, 7) is 1.73. The van der Waals surface area contributed by atoms with Gasteiger partial charge in [0.15, 0.2) is 0 Å². The molecule has 1 unspecified atom stereocenters. The fraction of sp³-hybridized carbons (Fsp3) is 0.143. The van der Waals surface area contributed by atoms with Crippen molar-refractivity contribution in [3.05, 3.63) is 59.9 Å². The summed E-state index contributed by atoms with van der Waals surface area (Å²) < 4.78 is 19.3. The Morgan fingerprint density at radius 1 is 1.06 bits per heavy atom. The number of hydrogen-bond acceptors (Lipinski definition) is 2. The van der Waals surface area contributed by atoms with E-state index in [2.05, 4.69) is 0 Å². The van der Waals surface area contributed by atoms with E-state index in [1.165, 1.54) is 6.07 Å². The Balaban J connectivity index is 2.36. The predicted octanol–water partition coefficient (Wildman–Crippen LogP) is 3.64. The number of halogens is 1. The number of rotatable bonds is 3. The van der Waals surface area contributed by atoms with Crippen molar-refractivity contribution in [1.29, 1.82) is 0 Å². The van der Waals surface area contributed by atoms with E-state index in [-0.39, 0.29) is 5.82 Å². The van der Waals surface area contributed by atoms with Gasteiger partial charge in [0, 0.05) is 11.6 Å². The quantitative estimate of drug-likeness (QED) is 0.875. The molecule has 0 bridgehead atoms. The summed E-state index contributed by atoms with van der Waals surface area (Å²) in [5.41, 5.74) is 6.15. The van der Waals surface area contributed by atoms with Gasteiger partial charge in [-0.25, -0.2) is 4.39 Å². The Kier molecular flexibility index (Phi) is 3.40. The summed E-state index contributed by atoms with van der Waals surface area (Å²) in [5.74, 6) is 0.791. The molecule has 2 nitrogen and oxygen atoms in total. The SMILES string of the molecule is CC(N)c1c(F)cccc1Oc1ccccc1. The summed E-state index contributed by atoms with van der Waals surface area (Å²) in [7, 11) is 0. The fourth-order valence-electron chi connectivity index (χ4n) is 1.66. The Morgan fingerprint density at radius 2 is 1.76 bits per heavy atom. The van der Waals surface area contributed by atoms with Gasteiger partial charge < -0.3 is 10.5 Å². The molecule has 0 amide bonds. The van der Waals surface area contributed by atoms with Crippen LogP contribution < -0.4 is 10.5 Å². The third-order valence-corrected chi connectivity index (χ3v) is 2.44. The number of nitrogens with two attached hydrogens (primary N) is 1.